The van der Waals surface area contributed by atoms with E-state index >= 15 is 0 Å². The van der Waals surface area contributed by atoms with Crippen molar-refractivity contribution in [1.29, 1.82) is 0 Å². The molecule has 17 heavy (non-hydrogen) atoms. The average molecular weight is 248 g/mol. The first-order valence-electron chi connectivity index (χ1n) is 5.43. The molecule has 0 aliphatic heterocycles. The Bertz CT molecular complexity index is 409. The maximum absolute atomic E-state index is 13.1. The van der Waals surface area contributed by atoms with E-state index in [2.05, 4.69) is 0 Å². The van der Waals surface area contributed by atoms with E-state index in [-0.39, 0.29) is 11.5 Å². The van der Waals surface area contributed by atoms with Gasteiger partial charge >= 0.3 is 6.18 Å². The van der Waals surface area contributed by atoms with Crippen LogP contribution in [0.25, 0.3) is 0 Å². The lowest BCUT2D eigenvalue weighted by atomic mass is 9.78. The Labute approximate surface area is 96.1 Å². The van der Waals surface area contributed by atoms with Crippen molar-refractivity contribution in [3.8, 4) is 0 Å². The summed E-state index contributed by atoms with van der Waals surface area (Å²) in [6.07, 6.45) is -3.07. The highest BCUT2D eigenvalue weighted by Gasteiger charge is 2.33. The van der Waals surface area contributed by atoms with Gasteiger partial charge in [-0.3, -0.25) is 0 Å². The number of hydrogen-bond donors (Lipinski definition) is 1. The van der Waals surface area contributed by atoms with Crippen LogP contribution in [0.15, 0.2) is 18.2 Å². The van der Waals surface area contributed by atoms with Crippen LogP contribution in [0.3, 0.4) is 0 Å². The first kappa shape index (κ1) is 12.4. The fourth-order valence-electron chi connectivity index (χ4n) is 1.97. The monoisotopic (exact) mass is 248 g/mol. The molecule has 2 rings (SSSR count). The molecule has 1 aromatic rings. The molecule has 0 bridgehead atoms. The van der Waals surface area contributed by atoms with Crippen molar-refractivity contribution in [2.45, 2.75) is 31.5 Å². The second-order valence-electron chi connectivity index (χ2n) is 4.41. The maximum atomic E-state index is 13.1. The molecular formula is C12H12F4O. The van der Waals surface area contributed by atoms with Gasteiger partial charge in [0.05, 0.1) is 11.7 Å². The molecule has 1 N–H and O–H groups in total. The highest BCUT2D eigenvalue weighted by atomic mass is 19.4. The van der Waals surface area contributed by atoms with Crippen LogP contribution >= 0.6 is 0 Å². The van der Waals surface area contributed by atoms with Crippen molar-refractivity contribution in [2.24, 2.45) is 5.92 Å². The summed E-state index contributed by atoms with van der Waals surface area (Å²) < 4.78 is 50.5. The molecule has 5 heteroatoms. The summed E-state index contributed by atoms with van der Waals surface area (Å²) in [7, 11) is 0. The van der Waals surface area contributed by atoms with E-state index in [9.17, 15) is 22.7 Å². The maximum Gasteiger partial charge on any atom is 0.416 e. The topological polar surface area (TPSA) is 20.2 Å². The largest absolute Gasteiger partial charge is 0.416 e. The molecule has 0 amide bonds. The minimum atomic E-state index is -4.59. The van der Waals surface area contributed by atoms with Gasteiger partial charge in [-0.05, 0) is 42.5 Å². The van der Waals surface area contributed by atoms with Crippen molar-refractivity contribution in [3.63, 3.8) is 0 Å². The zero-order chi connectivity index (χ0) is 12.6. The molecule has 0 aromatic heterocycles. The van der Waals surface area contributed by atoms with Gasteiger partial charge in [0.2, 0.25) is 0 Å². The van der Waals surface area contributed by atoms with Crippen LogP contribution in [-0.4, -0.2) is 5.11 Å². The predicted molar refractivity (Wildman–Crippen MR) is 53.7 cm³/mol. The molecule has 1 unspecified atom stereocenters. The van der Waals surface area contributed by atoms with Gasteiger partial charge in [0.15, 0.2) is 0 Å². The third-order valence-corrected chi connectivity index (χ3v) is 3.19. The lowest BCUT2D eigenvalue weighted by molar-refractivity contribution is -0.137. The molecule has 0 heterocycles. The van der Waals surface area contributed by atoms with E-state index in [0.29, 0.717) is 6.07 Å². The molecule has 1 aliphatic rings. The summed E-state index contributed by atoms with van der Waals surface area (Å²) in [6.45, 7) is 0. The SMILES string of the molecule is OC(c1cc(F)cc(C(F)(F)F)c1)C1CCC1. The number of alkyl halides is 3. The van der Waals surface area contributed by atoms with Gasteiger partial charge in [-0.1, -0.05) is 6.42 Å². The lowest BCUT2D eigenvalue weighted by Gasteiger charge is -2.30. The van der Waals surface area contributed by atoms with Gasteiger partial charge in [0.25, 0.3) is 0 Å². The molecule has 0 radical (unpaired) electrons. The smallest absolute Gasteiger partial charge is 0.388 e. The third kappa shape index (κ3) is 2.60. The van der Waals surface area contributed by atoms with Crippen LogP contribution in [0.2, 0.25) is 0 Å². The van der Waals surface area contributed by atoms with E-state index in [0.717, 1.165) is 31.4 Å². The van der Waals surface area contributed by atoms with Crippen LogP contribution in [0.1, 0.15) is 36.5 Å². The molecule has 0 saturated heterocycles. The Morgan fingerprint density at radius 1 is 1.18 bits per heavy atom. The van der Waals surface area contributed by atoms with Gasteiger partial charge in [-0.25, -0.2) is 4.39 Å². The first-order valence-corrected chi connectivity index (χ1v) is 5.43. The van der Waals surface area contributed by atoms with Crippen molar-refractivity contribution >= 4 is 0 Å². The molecule has 1 fully saturated rings. The summed E-state index contributed by atoms with van der Waals surface area (Å²) in [4.78, 5) is 0. The molecule has 1 atom stereocenters. The standard InChI is InChI=1S/C12H12F4O/c13-10-5-8(11(17)7-2-1-3-7)4-9(6-10)12(14,15)16/h4-7,11,17H,1-3H2. The highest BCUT2D eigenvalue weighted by molar-refractivity contribution is 5.28. The van der Waals surface area contributed by atoms with E-state index in [1.165, 1.54) is 0 Å². The summed E-state index contributed by atoms with van der Waals surface area (Å²) in [5.74, 6) is -1.01. The Hall–Kier alpha value is -1.10. The average Bonchev–Trinajstić information content (AvgIpc) is 2.12. The normalized spacial score (nSPS) is 18.9. The Balaban J connectivity index is 2.30. The minimum absolute atomic E-state index is 0.0158. The quantitative estimate of drug-likeness (QED) is 0.791. The zero-order valence-corrected chi connectivity index (χ0v) is 8.97. The van der Waals surface area contributed by atoms with Gasteiger partial charge in [0, 0.05) is 0 Å². The van der Waals surface area contributed by atoms with Crippen molar-refractivity contribution in [1.82, 2.24) is 0 Å². The molecule has 0 spiro atoms. The van der Waals surface area contributed by atoms with Crippen molar-refractivity contribution in [2.75, 3.05) is 0 Å². The van der Waals surface area contributed by atoms with Crippen LogP contribution in [0.4, 0.5) is 17.6 Å². The summed E-state index contributed by atoms with van der Waals surface area (Å²) in [5, 5.41) is 9.82. The first-order chi connectivity index (χ1) is 7.88. The van der Waals surface area contributed by atoms with E-state index < -0.39 is 23.7 Å². The fourth-order valence-corrected chi connectivity index (χ4v) is 1.97. The van der Waals surface area contributed by atoms with E-state index in [4.69, 9.17) is 0 Å². The van der Waals surface area contributed by atoms with Gasteiger partial charge in [-0.15, -0.1) is 0 Å². The molecule has 1 saturated carbocycles. The van der Waals surface area contributed by atoms with Crippen LogP contribution in [0, 0.1) is 11.7 Å². The van der Waals surface area contributed by atoms with Gasteiger partial charge in [-0.2, -0.15) is 13.2 Å². The van der Waals surface area contributed by atoms with Crippen molar-refractivity contribution in [3.05, 3.63) is 35.1 Å². The second kappa shape index (κ2) is 4.29. The zero-order valence-electron chi connectivity index (χ0n) is 8.97. The number of halogens is 4. The highest BCUT2D eigenvalue weighted by Crippen LogP contribution is 2.39. The predicted octanol–water partition coefficient (Wildman–Crippen LogP) is 3.68. The number of rotatable bonds is 2. The lowest BCUT2D eigenvalue weighted by Crippen LogP contribution is -2.20. The van der Waals surface area contributed by atoms with E-state index in [1.807, 2.05) is 0 Å². The van der Waals surface area contributed by atoms with Gasteiger partial charge in [0.1, 0.15) is 5.82 Å². The van der Waals surface area contributed by atoms with Crippen LogP contribution in [-0.2, 0) is 6.18 Å². The third-order valence-electron chi connectivity index (χ3n) is 3.19. The number of benzene rings is 1. The molecular weight excluding hydrogens is 236 g/mol. The minimum Gasteiger partial charge on any atom is -0.388 e. The number of hydrogen-bond acceptors (Lipinski definition) is 1. The Morgan fingerprint density at radius 2 is 1.82 bits per heavy atom. The van der Waals surface area contributed by atoms with Gasteiger partial charge < -0.3 is 5.11 Å². The Morgan fingerprint density at radius 3 is 2.29 bits per heavy atom. The van der Waals surface area contributed by atoms with Crippen molar-refractivity contribution < 1.29 is 22.7 Å². The molecule has 1 aliphatic carbocycles. The number of aliphatic hydroxyl groups excluding tert-OH is 1. The van der Waals surface area contributed by atoms with Crippen LogP contribution < -0.4 is 0 Å². The van der Waals surface area contributed by atoms with E-state index in [1.54, 1.807) is 0 Å². The van der Waals surface area contributed by atoms with Crippen LogP contribution in [0.5, 0.6) is 0 Å². The fraction of sp³-hybridized carbons (Fsp3) is 0.500. The summed E-state index contributed by atoms with van der Waals surface area (Å²) in [6, 6.07) is 2.24. The molecule has 1 aromatic carbocycles. The summed E-state index contributed by atoms with van der Waals surface area (Å²) >= 11 is 0. The molecule has 94 valence electrons. The Kier molecular flexibility index (Phi) is 3.12. The molecule has 1 nitrogen and oxygen atoms in total. The summed E-state index contributed by atoms with van der Waals surface area (Å²) in [5.41, 5.74) is -1.03. The second-order valence-corrected chi connectivity index (χ2v) is 4.41. The number of aliphatic hydroxyl groups is 1.